The van der Waals surface area contributed by atoms with Crippen LogP contribution in [0.3, 0.4) is 0 Å². The van der Waals surface area contributed by atoms with Crippen LogP contribution in [0, 0.1) is 11.8 Å². The predicted molar refractivity (Wildman–Crippen MR) is 230 cm³/mol. The number of amides is 1. The highest BCUT2D eigenvalue weighted by Crippen LogP contribution is 2.69. The third kappa shape index (κ3) is 7.02. The Morgan fingerprint density at radius 1 is 0.919 bits per heavy atom. The third-order valence-electron chi connectivity index (χ3n) is 14.2. The number of benzene rings is 1. The van der Waals surface area contributed by atoms with Crippen molar-refractivity contribution in [1.29, 1.82) is 0 Å². The zero-order valence-corrected chi connectivity index (χ0v) is 37.3. The molecule has 10 atom stereocenters. The van der Waals surface area contributed by atoms with E-state index in [1.807, 2.05) is 71.6 Å². The number of carbonyl (C=O) groups is 3. The molecule has 3 aliphatic carbocycles. The number of allylic oxidation sites excluding steroid dienone is 5. The van der Waals surface area contributed by atoms with Gasteiger partial charge in [-0.15, -0.1) is 0 Å². The van der Waals surface area contributed by atoms with Gasteiger partial charge in [0.2, 0.25) is 12.2 Å². The Bertz CT molecular complexity index is 2180. The van der Waals surface area contributed by atoms with E-state index in [1.54, 1.807) is 19.1 Å². The molecule has 1 spiro atoms. The van der Waals surface area contributed by atoms with E-state index in [9.17, 15) is 30.0 Å². The van der Waals surface area contributed by atoms with Crippen LogP contribution in [0.25, 0.3) is 6.08 Å². The van der Waals surface area contributed by atoms with Crippen LogP contribution in [0.1, 0.15) is 122 Å². The summed E-state index contributed by atoms with van der Waals surface area (Å²) >= 11 is 0. The highest BCUT2D eigenvalue weighted by Gasteiger charge is 2.81. The first-order chi connectivity index (χ1) is 29.3. The number of hydrogen-bond acceptors (Lipinski definition) is 12. The number of hydrogen-bond donors (Lipinski definition) is 4. The van der Waals surface area contributed by atoms with Gasteiger partial charge in [-0.25, -0.2) is 0 Å². The number of likely N-dealkylation sites (tertiary alicyclic amines) is 1. The van der Waals surface area contributed by atoms with E-state index in [-0.39, 0.29) is 47.2 Å². The minimum Gasteiger partial charge on any atom is -0.482 e. The summed E-state index contributed by atoms with van der Waals surface area (Å²) in [5, 5.41) is 42.8. The smallest absolute Gasteiger partial charge is 0.249 e. The molecule has 1 aromatic carbocycles. The second-order valence-electron chi connectivity index (χ2n) is 19.6. The van der Waals surface area contributed by atoms with Crippen molar-refractivity contribution in [2.24, 2.45) is 11.8 Å². The number of nitrogens with zero attached hydrogens (tertiary/aromatic N) is 1. The van der Waals surface area contributed by atoms with Gasteiger partial charge in [0.05, 0.1) is 17.8 Å². The molecule has 9 rings (SSSR count). The molecule has 3 saturated heterocycles. The maximum absolute atomic E-state index is 15.8. The van der Waals surface area contributed by atoms with Gasteiger partial charge in [0.15, 0.2) is 22.8 Å². The Morgan fingerprint density at radius 3 is 2.31 bits per heavy atom. The monoisotopic (exact) mass is 857 g/mol. The van der Waals surface area contributed by atoms with Crippen LogP contribution in [-0.2, 0) is 25.5 Å². The van der Waals surface area contributed by atoms with Gasteiger partial charge in [-0.05, 0) is 112 Å². The molecule has 5 unspecified atom stereocenters. The number of aliphatic hydroxyl groups excluding tert-OH is 4. The fourth-order valence-corrected chi connectivity index (χ4v) is 10.9. The molecule has 13 heteroatoms. The number of aliphatic hydroxyl groups is 4. The quantitative estimate of drug-likeness (QED) is 0.159. The summed E-state index contributed by atoms with van der Waals surface area (Å²) < 4.78 is 34.0. The minimum atomic E-state index is -1.78. The van der Waals surface area contributed by atoms with Gasteiger partial charge < -0.3 is 49.0 Å². The van der Waals surface area contributed by atoms with E-state index in [1.165, 1.54) is 5.57 Å². The normalized spacial score (nSPS) is 35.2. The van der Waals surface area contributed by atoms with Crippen LogP contribution in [-0.4, -0.2) is 116 Å². The van der Waals surface area contributed by atoms with Crippen LogP contribution in [0.5, 0.6) is 17.2 Å². The van der Waals surface area contributed by atoms with Gasteiger partial charge in [0.1, 0.15) is 52.8 Å². The Kier molecular flexibility index (Phi) is 11.6. The van der Waals surface area contributed by atoms with E-state index in [4.69, 9.17) is 23.7 Å². The second kappa shape index (κ2) is 16.2. The summed E-state index contributed by atoms with van der Waals surface area (Å²) in [7, 11) is 0. The Balaban J connectivity index is 1.34. The number of rotatable bonds is 11. The van der Waals surface area contributed by atoms with Crippen LogP contribution >= 0.6 is 0 Å². The molecule has 1 saturated carbocycles. The van der Waals surface area contributed by atoms with Crippen molar-refractivity contribution < 1.29 is 58.5 Å². The van der Waals surface area contributed by atoms with Gasteiger partial charge in [-0.3, -0.25) is 14.4 Å². The number of fused-ring (bicyclic) bond motifs is 2. The maximum atomic E-state index is 15.8. The number of ether oxygens (including phenoxy) is 5. The predicted octanol–water partition coefficient (Wildman–Crippen LogP) is 5.64. The standard InChI is InChI=1S/C49H63NO12/c1-26(2)13-12-18-47(8)19-17-31-40(60-47)30(15-14-27(3)4)42-35(41(31)59-45-39(55)38(54)37(53)33(25-51)58-45)36(52)32-23-29-24-34-46(6,7)62-48(43(29)56,49(32,34)61-42)20-16-28(5)44(57)50-21-10-9-11-22-50/h13-14,16-17,19,23,29,33-34,37-39,45,51,53-55H,9-12,15,18,20-22,24-25H2,1-8H3/t29?,33-,34?,37-,38+,39-,45+,47?,48?,49?/m1/s1. The molecule has 5 aliphatic heterocycles. The molecular weight excluding hydrogens is 795 g/mol. The van der Waals surface area contributed by atoms with Gasteiger partial charge >= 0.3 is 0 Å². The van der Waals surface area contributed by atoms with Crippen molar-refractivity contribution in [3.63, 3.8) is 0 Å². The summed E-state index contributed by atoms with van der Waals surface area (Å²) in [6, 6.07) is 0. The van der Waals surface area contributed by atoms with Crippen LogP contribution in [0.15, 0.2) is 52.7 Å². The molecule has 5 heterocycles. The Hall–Kier alpha value is -4.11. The van der Waals surface area contributed by atoms with E-state index in [0.29, 0.717) is 48.4 Å². The molecule has 4 bridgehead atoms. The molecule has 4 N–H and O–H groups in total. The first kappa shape index (κ1) is 44.5. The van der Waals surface area contributed by atoms with Crippen molar-refractivity contribution in [3.8, 4) is 17.2 Å². The van der Waals surface area contributed by atoms with Crippen molar-refractivity contribution in [3.05, 3.63) is 69.4 Å². The number of ketones is 2. The number of Topliss-reactive ketones (excluding diaryl/α,β-unsaturated/α-hetero) is 2. The highest BCUT2D eigenvalue weighted by atomic mass is 16.7. The molecule has 336 valence electrons. The summed E-state index contributed by atoms with van der Waals surface area (Å²) in [6.45, 7) is 16.3. The number of carbonyl (C=O) groups excluding carboxylic acids is 3. The lowest BCUT2D eigenvalue weighted by Gasteiger charge is -2.56. The molecule has 0 radical (unpaired) electrons. The Labute approximate surface area is 364 Å². The molecule has 13 nitrogen and oxygen atoms in total. The first-order valence-electron chi connectivity index (χ1n) is 22.3. The molecular formula is C49H63NO12. The summed E-state index contributed by atoms with van der Waals surface area (Å²) in [4.78, 5) is 46.3. The largest absolute Gasteiger partial charge is 0.482 e. The van der Waals surface area contributed by atoms with Gasteiger partial charge in [-0.1, -0.05) is 35.5 Å². The molecule has 8 aliphatic rings. The fraction of sp³-hybridized carbons (Fsp3) is 0.612. The first-order valence-corrected chi connectivity index (χ1v) is 22.3. The lowest BCUT2D eigenvalue weighted by atomic mass is 9.51. The van der Waals surface area contributed by atoms with E-state index in [2.05, 4.69) is 6.08 Å². The van der Waals surface area contributed by atoms with Gasteiger partial charge in [0.25, 0.3) is 0 Å². The zero-order valence-electron chi connectivity index (χ0n) is 37.3. The molecule has 1 aromatic rings. The lowest BCUT2D eigenvalue weighted by molar-refractivity contribution is -0.277. The molecule has 0 aromatic heterocycles. The average molecular weight is 858 g/mol. The average Bonchev–Trinajstić information content (AvgIpc) is 3.39. The van der Waals surface area contributed by atoms with Gasteiger partial charge in [-0.2, -0.15) is 0 Å². The van der Waals surface area contributed by atoms with Crippen LogP contribution < -0.4 is 14.2 Å². The fourth-order valence-electron chi connectivity index (χ4n) is 10.9. The second-order valence-corrected chi connectivity index (χ2v) is 19.6. The zero-order chi connectivity index (χ0) is 44.7. The van der Waals surface area contributed by atoms with Crippen LogP contribution in [0.4, 0.5) is 0 Å². The number of piperidine rings is 1. The Morgan fingerprint density at radius 2 is 1.63 bits per heavy atom. The lowest BCUT2D eigenvalue weighted by Crippen LogP contribution is -2.72. The topological polar surface area (TPSA) is 182 Å². The van der Waals surface area contributed by atoms with Crippen molar-refractivity contribution in [2.45, 2.75) is 160 Å². The highest BCUT2D eigenvalue weighted by molar-refractivity contribution is 6.19. The SMILES string of the molecule is CC(C)=CCCC1(C)C=Cc2c(c(CC=C(C)C)c3c(c2O[C@@H]2O[C@H](CO)[C@@H](O)[C@H](O)[C@H]2O)C(=O)C2=CC4CC5C(C)(C)OC(CC=C(C)C(=O)N6CCCCC6)(C4=O)C25O3)O1. The van der Waals surface area contributed by atoms with E-state index in [0.717, 1.165) is 31.3 Å². The van der Waals surface area contributed by atoms with E-state index >= 15 is 4.79 Å². The summed E-state index contributed by atoms with van der Waals surface area (Å²) in [5.41, 5.74) is -1.16. The summed E-state index contributed by atoms with van der Waals surface area (Å²) in [6.07, 6.45) is 8.24. The van der Waals surface area contributed by atoms with Crippen molar-refractivity contribution in [2.75, 3.05) is 19.7 Å². The third-order valence-corrected chi connectivity index (χ3v) is 14.2. The van der Waals surface area contributed by atoms with Crippen molar-refractivity contribution >= 4 is 23.5 Å². The van der Waals surface area contributed by atoms with Crippen LogP contribution in [0.2, 0.25) is 0 Å². The molecule has 62 heavy (non-hydrogen) atoms. The molecule has 4 fully saturated rings. The van der Waals surface area contributed by atoms with Gasteiger partial charge in [0, 0.05) is 48.1 Å². The molecule has 1 amide bonds. The minimum absolute atomic E-state index is 0.00221. The summed E-state index contributed by atoms with van der Waals surface area (Å²) in [5.74, 6) is -1.41. The van der Waals surface area contributed by atoms with Crippen molar-refractivity contribution in [1.82, 2.24) is 4.90 Å². The van der Waals surface area contributed by atoms with E-state index < -0.39 is 77.3 Å². The maximum Gasteiger partial charge on any atom is 0.249 e.